The standard InChI is InChI=1S/C20H27N3O3/c1-4-26-19-17(24-2)12-16(13-18(19)25-3)14-23-20(21)22-11-10-15-8-6-5-7-9-15/h5-9,12-13H,4,10-11,14H2,1-3H3,(H3,21,22,23). The van der Waals surface area contributed by atoms with E-state index in [9.17, 15) is 0 Å². The van der Waals surface area contributed by atoms with Gasteiger partial charge in [0.15, 0.2) is 17.5 Å². The molecule has 0 saturated heterocycles. The third-order valence-corrected chi connectivity index (χ3v) is 3.80. The summed E-state index contributed by atoms with van der Waals surface area (Å²) < 4.78 is 16.4. The molecule has 0 unspecified atom stereocenters. The van der Waals surface area contributed by atoms with Gasteiger partial charge in [0, 0.05) is 6.54 Å². The van der Waals surface area contributed by atoms with Crippen LogP contribution >= 0.6 is 0 Å². The summed E-state index contributed by atoms with van der Waals surface area (Å²) in [6, 6.07) is 14.0. The number of aliphatic imine (C=N–C) groups is 1. The maximum absolute atomic E-state index is 5.96. The fraction of sp³-hybridized carbons (Fsp3) is 0.350. The summed E-state index contributed by atoms with van der Waals surface area (Å²) in [5, 5.41) is 3.13. The molecule has 140 valence electrons. The van der Waals surface area contributed by atoms with Crippen LogP contribution in [-0.4, -0.2) is 33.3 Å². The minimum Gasteiger partial charge on any atom is -0.493 e. The van der Waals surface area contributed by atoms with Crippen molar-refractivity contribution in [2.45, 2.75) is 19.9 Å². The number of hydrogen-bond donors (Lipinski definition) is 2. The Balaban J connectivity index is 1.97. The molecule has 3 N–H and O–H groups in total. The normalized spacial score (nSPS) is 11.1. The quantitative estimate of drug-likeness (QED) is 0.533. The minimum absolute atomic E-state index is 0.410. The van der Waals surface area contributed by atoms with Crippen LogP contribution in [0.2, 0.25) is 0 Å². The van der Waals surface area contributed by atoms with Gasteiger partial charge in [0.1, 0.15) is 0 Å². The minimum atomic E-state index is 0.410. The molecule has 6 heteroatoms. The van der Waals surface area contributed by atoms with Gasteiger partial charge in [0.25, 0.3) is 0 Å². The highest BCUT2D eigenvalue weighted by molar-refractivity contribution is 5.77. The lowest BCUT2D eigenvalue weighted by Gasteiger charge is -2.15. The van der Waals surface area contributed by atoms with Gasteiger partial charge in [-0.05, 0) is 36.6 Å². The maximum Gasteiger partial charge on any atom is 0.203 e. The first kappa shape index (κ1) is 19.4. The van der Waals surface area contributed by atoms with Crippen molar-refractivity contribution in [1.82, 2.24) is 5.32 Å². The van der Waals surface area contributed by atoms with Crippen LogP contribution in [-0.2, 0) is 13.0 Å². The third kappa shape index (κ3) is 5.58. The number of nitrogens with two attached hydrogens (primary N) is 1. The third-order valence-electron chi connectivity index (χ3n) is 3.80. The average Bonchev–Trinajstić information content (AvgIpc) is 2.67. The van der Waals surface area contributed by atoms with E-state index in [1.807, 2.05) is 37.3 Å². The monoisotopic (exact) mass is 357 g/mol. The fourth-order valence-corrected chi connectivity index (χ4v) is 2.52. The molecule has 2 aromatic rings. The second-order valence-electron chi connectivity index (χ2n) is 5.63. The lowest BCUT2D eigenvalue weighted by atomic mass is 10.1. The van der Waals surface area contributed by atoms with Crippen molar-refractivity contribution in [3.63, 3.8) is 0 Å². The molecule has 6 nitrogen and oxygen atoms in total. The molecule has 2 aromatic carbocycles. The number of rotatable bonds is 9. The predicted octanol–water partition coefficient (Wildman–Crippen LogP) is 2.75. The van der Waals surface area contributed by atoms with Crippen LogP contribution in [0.4, 0.5) is 0 Å². The first-order valence-corrected chi connectivity index (χ1v) is 8.63. The lowest BCUT2D eigenvalue weighted by Crippen LogP contribution is -2.33. The molecule has 0 aliphatic carbocycles. The van der Waals surface area contributed by atoms with Crippen molar-refractivity contribution >= 4 is 5.96 Å². The summed E-state index contributed by atoms with van der Waals surface area (Å²) >= 11 is 0. The summed E-state index contributed by atoms with van der Waals surface area (Å²) in [7, 11) is 3.20. The van der Waals surface area contributed by atoms with E-state index in [4.69, 9.17) is 19.9 Å². The van der Waals surface area contributed by atoms with Crippen molar-refractivity contribution < 1.29 is 14.2 Å². The van der Waals surface area contributed by atoms with E-state index in [1.165, 1.54) is 5.56 Å². The number of nitrogens with zero attached hydrogens (tertiary/aromatic N) is 1. The van der Waals surface area contributed by atoms with Crippen molar-refractivity contribution in [1.29, 1.82) is 0 Å². The van der Waals surface area contributed by atoms with E-state index in [0.29, 0.717) is 36.4 Å². The van der Waals surface area contributed by atoms with E-state index in [2.05, 4.69) is 22.4 Å². The van der Waals surface area contributed by atoms with Gasteiger partial charge in [-0.2, -0.15) is 0 Å². The molecular weight excluding hydrogens is 330 g/mol. The second-order valence-corrected chi connectivity index (χ2v) is 5.63. The van der Waals surface area contributed by atoms with Crippen molar-refractivity contribution in [3.05, 3.63) is 53.6 Å². The number of methoxy groups -OCH3 is 2. The maximum atomic E-state index is 5.96. The smallest absolute Gasteiger partial charge is 0.203 e. The molecule has 0 atom stereocenters. The highest BCUT2D eigenvalue weighted by Crippen LogP contribution is 2.38. The number of nitrogens with one attached hydrogen (secondary N) is 1. The molecule has 0 amide bonds. The van der Waals surface area contributed by atoms with Crippen LogP contribution in [0.15, 0.2) is 47.5 Å². The topological polar surface area (TPSA) is 78.1 Å². The van der Waals surface area contributed by atoms with E-state index in [0.717, 1.165) is 18.5 Å². The van der Waals surface area contributed by atoms with Gasteiger partial charge in [0.2, 0.25) is 5.75 Å². The van der Waals surface area contributed by atoms with Gasteiger partial charge in [-0.1, -0.05) is 30.3 Å². The van der Waals surface area contributed by atoms with Crippen LogP contribution < -0.4 is 25.3 Å². The fourth-order valence-electron chi connectivity index (χ4n) is 2.52. The van der Waals surface area contributed by atoms with Crippen LogP contribution in [0.1, 0.15) is 18.1 Å². The molecule has 26 heavy (non-hydrogen) atoms. The summed E-state index contributed by atoms with van der Waals surface area (Å²) in [6.07, 6.45) is 0.891. The molecule has 0 fully saturated rings. The molecule has 0 saturated carbocycles. The van der Waals surface area contributed by atoms with Crippen LogP contribution in [0.5, 0.6) is 17.2 Å². The molecule has 0 radical (unpaired) electrons. The first-order valence-electron chi connectivity index (χ1n) is 8.63. The molecule has 0 aliphatic rings. The molecule has 0 spiro atoms. The molecule has 2 rings (SSSR count). The predicted molar refractivity (Wildman–Crippen MR) is 104 cm³/mol. The second kappa shape index (κ2) is 10.2. The number of guanidine groups is 1. The Kier molecular flexibility index (Phi) is 7.61. The molecule has 0 aliphatic heterocycles. The van der Waals surface area contributed by atoms with Crippen LogP contribution in [0.25, 0.3) is 0 Å². The SMILES string of the molecule is CCOc1c(OC)cc(CN=C(N)NCCc2ccccc2)cc1OC. The number of benzene rings is 2. The number of hydrogen-bond acceptors (Lipinski definition) is 4. The summed E-state index contributed by atoms with van der Waals surface area (Å²) in [5.41, 5.74) is 8.14. The highest BCUT2D eigenvalue weighted by atomic mass is 16.5. The van der Waals surface area contributed by atoms with Crippen LogP contribution in [0.3, 0.4) is 0 Å². The Bertz CT molecular complexity index is 692. The van der Waals surface area contributed by atoms with Gasteiger partial charge in [-0.3, -0.25) is 0 Å². The zero-order valence-corrected chi connectivity index (χ0v) is 15.6. The first-order chi connectivity index (χ1) is 12.7. The Labute approximate surface area is 155 Å². The Morgan fingerprint density at radius 2 is 1.69 bits per heavy atom. The van der Waals surface area contributed by atoms with Crippen molar-refractivity contribution in [3.8, 4) is 17.2 Å². The number of ether oxygens (including phenoxy) is 3. The van der Waals surface area contributed by atoms with Gasteiger partial charge in [0.05, 0.1) is 27.4 Å². The highest BCUT2D eigenvalue weighted by Gasteiger charge is 2.13. The average molecular weight is 357 g/mol. The Morgan fingerprint density at radius 1 is 1.04 bits per heavy atom. The van der Waals surface area contributed by atoms with Gasteiger partial charge < -0.3 is 25.3 Å². The zero-order valence-electron chi connectivity index (χ0n) is 15.6. The van der Waals surface area contributed by atoms with Gasteiger partial charge in [-0.15, -0.1) is 0 Å². The lowest BCUT2D eigenvalue weighted by molar-refractivity contribution is 0.288. The zero-order chi connectivity index (χ0) is 18.8. The van der Waals surface area contributed by atoms with Gasteiger partial charge >= 0.3 is 0 Å². The van der Waals surface area contributed by atoms with E-state index < -0.39 is 0 Å². The molecule has 0 heterocycles. The summed E-state index contributed by atoms with van der Waals surface area (Å²) in [4.78, 5) is 4.38. The van der Waals surface area contributed by atoms with Crippen molar-refractivity contribution in [2.24, 2.45) is 10.7 Å². The summed E-state index contributed by atoms with van der Waals surface area (Å²) in [6.45, 7) is 3.60. The van der Waals surface area contributed by atoms with E-state index in [1.54, 1.807) is 14.2 Å². The largest absolute Gasteiger partial charge is 0.493 e. The molecule has 0 aromatic heterocycles. The summed E-state index contributed by atoms with van der Waals surface area (Å²) in [5.74, 6) is 2.24. The molecular formula is C20H27N3O3. The van der Waals surface area contributed by atoms with Crippen molar-refractivity contribution in [2.75, 3.05) is 27.4 Å². The molecule has 0 bridgehead atoms. The van der Waals surface area contributed by atoms with Crippen LogP contribution in [0, 0.1) is 0 Å². The Morgan fingerprint density at radius 3 is 2.27 bits per heavy atom. The van der Waals surface area contributed by atoms with E-state index in [-0.39, 0.29) is 0 Å². The van der Waals surface area contributed by atoms with Gasteiger partial charge in [-0.25, -0.2) is 4.99 Å². The Hall–Kier alpha value is -2.89. The van der Waals surface area contributed by atoms with E-state index >= 15 is 0 Å².